The van der Waals surface area contributed by atoms with Gasteiger partial charge in [0.1, 0.15) is 5.41 Å². The number of hydrogen-bond acceptors (Lipinski definition) is 4. The van der Waals surface area contributed by atoms with E-state index in [9.17, 15) is 14.9 Å². The minimum Gasteiger partial charge on any atom is -0.342 e. The van der Waals surface area contributed by atoms with Gasteiger partial charge in [0.05, 0.1) is 12.6 Å². The molecule has 6 heteroatoms. The molecule has 0 N–H and O–H groups in total. The van der Waals surface area contributed by atoms with Gasteiger partial charge in [-0.15, -0.1) is 0 Å². The Kier molecular flexibility index (Phi) is 6.00. The summed E-state index contributed by atoms with van der Waals surface area (Å²) in [7, 11) is 0. The van der Waals surface area contributed by atoms with E-state index in [4.69, 9.17) is 0 Å². The Labute approximate surface area is 139 Å². The minimum absolute atomic E-state index is 0.00668. The Bertz CT molecular complexity index is 467. The molecule has 1 saturated carbocycles. The van der Waals surface area contributed by atoms with Gasteiger partial charge in [-0.3, -0.25) is 14.5 Å². The van der Waals surface area contributed by atoms with Gasteiger partial charge in [-0.05, 0) is 26.7 Å². The molecule has 0 aromatic rings. The maximum absolute atomic E-state index is 12.7. The zero-order chi connectivity index (χ0) is 16.9. The SMILES string of the molecule is CCN(CC)C(=O)CN1CCN(C(=O)C2(C#N)CCCC2)CC1. The molecule has 2 fully saturated rings. The van der Waals surface area contributed by atoms with Crippen LogP contribution >= 0.6 is 0 Å². The summed E-state index contributed by atoms with van der Waals surface area (Å²) in [4.78, 5) is 30.6. The number of hydrogen-bond donors (Lipinski definition) is 0. The second kappa shape index (κ2) is 7.78. The molecule has 1 saturated heterocycles. The molecule has 0 radical (unpaired) electrons. The molecule has 1 aliphatic heterocycles. The number of amides is 2. The summed E-state index contributed by atoms with van der Waals surface area (Å²) >= 11 is 0. The molecule has 128 valence electrons. The van der Waals surface area contributed by atoms with Crippen LogP contribution in [0.2, 0.25) is 0 Å². The van der Waals surface area contributed by atoms with E-state index in [1.165, 1.54) is 0 Å². The fourth-order valence-electron chi connectivity index (χ4n) is 3.63. The van der Waals surface area contributed by atoms with Crippen molar-refractivity contribution >= 4 is 11.8 Å². The van der Waals surface area contributed by atoms with Crippen molar-refractivity contribution in [1.82, 2.24) is 14.7 Å². The number of rotatable bonds is 5. The van der Waals surface area contributed by atoms with Crippen molar-refractivity contribution in [1.29, 1.82) is 5.26 Å². The zero-order valence-corrected chi connectivity index (χ0v) is 14.4. The fraction of sp³-hybridized carbons (Fsp3) is 0.824. The Balaban J connectivity index is 1.85. The van der Waals surface area contributed by atoms with Crippen molar-refractivity contribution in [2.75, 3.05) is 45.8 Å². The van der Waals surface area contributed by atoms with E-state index in [1.54, 1.807) is 0 Å². The Hall–Kier alpha value is -1.61. The average molecular weight is 320 g/mol. The molecule has 0 unspecified atom stereocenters. The Morgan fingerprint density at radius 2 is 1.65 bits per heavy atom. The molecule has 0 aromatic heterocycles. The third-order valence-corrected chi connectivity index (χ3v) is 5.22. The number of piperazine rings is 1. The van der Waals surface area contributed by atoms with Gasteiger partial charge in [0.15, 0.2) is 0 Å². The minimum atomic E-state index is -0.779. The monoisotopic (exact) mass is 320 g/mol. The van der Waals surface area contributed by atoms with Crippen LogP contribution in [-0.4, -0.2) is 72.3 Å². The molecule has 23 heavy (non-hydrogen) atoms. The molecule has 2 amide bonds. The quantitative estimate of drug-likeness (QED) is 0.760. The number of carbonyl (C=O) groups is 2. The molecule has 2 aliphatic rings. The van der Waals surface area contributed by atoms with E-state index in [0.29, 0.717) is 45.6 Å². The van der Waals surface area contributed by atoms with Gasteiger partial charge in [-0.1, -0.05) is 12.8 Å². The molecule has 2 rings (SSSR count). The highest BCUT2D eigenvalue weighted by atomic mass is 16.2. The zero-order valence-electron chi connectivity index (χ0n) is 14.4. The first-order chi connectivity index (χ1) is 11.1. The van der Waals surface area contributed by atoms with Crippen molar-refractivity contribution in [3.8, 4) is 6.07 Å². The maximum Gasteiger partial charge on any atom is 0.243 e. The lowest BCUT2D eigenvalue weighted by Crippen LogP contribution is -2.54. The van der Waals surface area contributed by atoms with Crippen LogP contribution in [-0.2, 0) is 9.59 Å². The lowest BCUT2D eigenvalue weighted by Gasteiger charge is -2.37. The van der Waals surface area contributed by atoms with Gasteiger partial charge >= 0.3 is 0 Å². The molecule has 6 nitrogen and oxygen atoms in total. The summed E-state index contributed by atoms with van der Waals surface area (Å²) in [5.74, 6) is 0.159. The van der Waals surface area contributed by atoms with Crippen molar-refractivity contribution in [2.45, 2.75) is 39.5 Å². The van der Waals surface area contributed by atoms with E-state index in [2.05, 4.69) is 11.0 Å². The smallest absolute Gasteiger partial charge is 0.243 e. The van der Waals surface area contributed by atoms with Crippen LogP contribution < -0.4 is 0 Å². The largest absolute Gasteiger partial charge is 0.342 e. The van der Waals surface area contributed by atoms with Crippen molar-refractivity contribution < 1.29 is 9.59 Å². The third kappa shape index (κ3) is 3.84. The highest BCUT2D eigenvalue weighted by Gasteiger charge is 2.44. The lowest BCUT2D eigenvalue weighted by atomic mass is 9.86. The summed E-state index contributed by atoms with van der Waals surface area (Å²) < 4.78 is 0. The molecule has 1 heterocycles. The molecule has 0 spiro atoms. The van der Waals surface area contributed by atoms with Gasteiger partial charge in [-0.25, -0.2) is 0 Å². The van der Waals surface area contributed by atoms with Gasteiger partial charge in [0.2, 0.25) is 11.8 Å². The van der Waals surface area contributed by atoms with Crippen LogP contribution in [0.15, 0.2) is 0 Å². The average Bonchev–Trinajstić information content (AvgIpc) is 3.06. The van der Waals surface area contributed by atoms with Gasteiger partial charge in [0.25, 0.3) is 0 Å². The van der Waals surface area contributed by atoms with Crippen molar-refractivity contribution in [2.24, 2.45) is 5.41 Å². The van der Waals surface area contributed by atoms with E-state index >= 15 is 0 Å². The van der Waals surface area contributed by atoms with Crippen LogP contribution in [0.3, 0.4) is 0 Å². The molecular weight excluding hydrogens is 292 g/mol. The van der Waals surface area contributed by atoms with Crippen molar-refractivity contribution in [3.63, 3.8) is 0 Å². The predicted octanol–water partition coefficient (Wildman–Crippen LogP) is 1.08. The van der Waals surface area contributed by atoms with E-state index in [-0.39, 0.29) is 11.8 Å². The standard InChI is InChI=1S/C17H28N4O2/c1-3-20(4-2)15(22)13-19-9-11-21(12-10-19)16(23)17(14-18)7-5-6-8-17/h3-13H2,1-2H3. The number of carbonyl (C=O) groups excluding carboxylic acids is 2. The summed E-state index contributed by atoms with van der Waals surface area (Å²) in [6.45, 7) is 8.52. The first-order valence-electron chi connectivity index (χ1n) is 8.77. The van der Waals surface area contributed by atoms with Crippen LogP contribution in [0.25, 0.3) is 0 Å². The topological polar surface area (TPSA) is 67.7 Å². The van der Waals surface area contributed by atoms with E-state index < -0.39 is 5.41 Å². The van der Waals surface area contributed by atoms with E-state index in [0.717, 1.165) is 25.9 Å². The fourth-order valence-corrected chi connectivity index (χ4v) is 3.63. The van der Waals surface area contributed by atoms with Crippen LogP contribution in [0.4, 0.5) is 0 Å². The summed E-state index contributed by atoms with van der Waals surface area (Å²) in [6.07, 6.45) is 3.33. The first kappa shape index (κ1) is 17.7. The summed E-state index contributed by atoms with van der Waals surface area (Å²) in [5.41, 5.74) is -0.779. The summed E-state index contributed by atoms with van der Waals surface area (Å²) in [5, 5.41) is 9.45. The Morgan fingerprint density at radius 3 is 2.13 bits per heavy atom. The molecule has 0 bridgehead atoms. The number of nitriles is 1. The van der Waals surface area contributed by atoms with Crippen LogP contribution in [0.1, 0.15) is 39.5 Å². The second-order valence-corrected chi connectivity index (χ2v) is 6.54. The normalized spacial score (nSPS) is 21.0. The molecular formula is C17H28N4O2. The highest BCUT2D eigenvalue weighted by molar-refractivity contribution is 5.86. The predicted molar refractivity (Wildman–Crippen MR) is 87.5 cm³/mol. The van der Waals surface area contributed by atoms with Gasteiger partial charge < -0.3 is 9.80 Å². The number of nitrogens with zero attached hydrogens (tertiary/aromatic N) is 4. The van der Waals surface area contributed by atoms with Crippen LogP contribution in [0.5, 0.6) is 0 Å². The van der Waals surface area contributed by atoms with Crippen molar-refractivity contribution in [3.05, 3.63) is 0 Å². The first-order valence-corrected chi connectivity index (χ1v) is 8.77. The number of likely N-dealkylation sites (N-methyl/N-ethyl adjacent to an activating group) is 1. The molecule has 0 atom stereocenters. The second-order valence-electron chi connectivity index (χ2n) is 6.54. The molecule has 1 aliphatic carbocycles. The van der Waals surface area contributed by atoms with E-state index in [1.807, 2.05) is 23.6 Å². The summed E-state index contributed by atoms with van der Waals surface area (Å²) in [6, 6.07) is 2.28. The highest BCUT2D eigenvalue weighted by Crippen LogP contribution is 2.39. The van der Waals surface area contributed by atoms with Gasteiger partial charge in [-0.2, -0.15) is 5.26 Å². The third-order valence-electron chi connectivity index (χ3n) is 5.22. The Morgan fingerprint density at radius 1 is 1.09 bits per heavy atom. The van der Waals surface area contributed by atoms with Gasteiger partial charge in [0, 0.05) is 39.3 Å². The molecule has 0 aromatic carbocycles. The van der Waals surface area contributed by atoms with Crippen LogP contribution in [0, 0.1) is 16.7 Å². The maximum atomic E-state index is 12.7. The lowest BCUT2D eigenvalue weighted by molar-refractivity contribution is -0.141.